The lowest BCUT2D eigenvalue weighted by Gasteiger charge is -2.23. The Morgan fingerprint density at radius 1 is 1.29 bits per heavy atom. The zero-order chi connectivity index (χ0) is 15.0. The van der Waals surface area contributed by atoms with E-state index < -0.39 is 10.2 Å². The Hall–Kier alpha value is -0.130. The molecule has 21 heavy (non-hydrogen) atoms. The van der Waals surface area contributed by atoms with Gasteiger partial charge in [-0.1, -0.05) is 19.3 Å². The van der Waals surface area contributed by atoms with Crippen LogP contribution in [0.15, 0.2) is 4.99 Å². The maximum absolute atomic E-state index is 11.5. The second-order valence-electron chi connectivity index (χ2n) is 5.42. The number of halogens is 1. The number of nitrogens with zero attached hydrogens (tertiary/aromatic N) is 1. The molecule has 1 rings (SSSR count). The van der Waals surface area contributed by atoms with Gasteiger partial charge in [-0.15, -0.1) is 24.0 Å². The fourth-order valence-electron chi connectivity index (χ4n) is 2.21. The van der Waals surface area contributed by atoms with Gasteiger partial charge >= 0.3 is 0 Å². The van der Waals surface area contributed by atoms with Crippen LogP contribution < -0.4 is 20.5 Å². The summed E-state index contributed by atoms with van der Waals surface area (Å²) < 4.78 is 27.8. The van der Waals surface area contributed by atoms with Crippen molar-refractivity contribution in [2.45, 2.75) is 58.0 Å². The first-order chi connectivity index (χ1) is 9.39. The molecular weight excluding hydrogens is 405 g/mol. The Morgan fingerprint density at radius 2 is 1.90 bits per heavy atom. The van der Waals surface area contributed by atoms with Gasteiger partial charge in [-0.25, -0.2) is 4.72 Å². The number of hydrogen-bond donors (Lipinski definition) is 4. The molecule has 0 aromatic rings. The van der Waals surface area contributed by atoms with Crippen LogP contribution in [0.1, 0.15) is 46.0 Å². The molecule has 0 heterocycles. The van der Waals surface area contributed by atoms with Crippen molar-refractivity contribution in [3.05, 3.63) is 0 Å². The Labute approximate surface area is 145 Å². The highest BCUT2D eigenvalue weighted by atomic mass is 127. The SMILES string of the molecule is CC(C)NS(=O)(=O)NCCN=C(N)NC1CCCCC1.I. The molecule has 0 aliphatic heterocycles. The summed E-state index contributed by atoms with van der Waals surface area (Å²) in [5.74, 6) is 0.396. The second-order valence-corrected chi connectivity index (χ2v) is 6.95. The first kappa shape index (κ1) is 20.9. The van der Waals surface area contributed by atoms with Gasteiger partial charge in [0.05, 0.1) is 6.54 Å². The van der Waals surface area contributed by atoms with E-state index in [0.29, 0.717) is 18.5 Å². The lowest BCUT2D eigenvalue weighted by atomic mass is 9.96. The molecule has 1 saturated carbocycles. The number of guanidine groups is 1. The van der Waals surface area contributed by atoms with E-state index in [1.165, 1.54) is 19.3 Å². The van der Waals surface area contributed by atoms with Gasteiger partial charge in [-0.3, -0.25) is 4.99 Å². The minimum Gasteiger partial charge on any atom is -0.370 e. The van der Waals surface area contributed by atoms with E-state index in [0.717, 1.165) is 12.8 Å². The third-order valence-corrected chi connectivity index (χ3v) is 4.40. The largest absolute Gasteiger partial charge is 0.370 e. The van der Waals surface area contributed by atoms with Gasteiger partial charge in [0.25, 0.3) is 10.2 Å². The summed E-state index contributed by atoms with van der Waals surface area (Å²) in [5.41, 5.74) is 5.78. The molecule has 0 aromatic carbocycles. The van der Waals surface area contributed by atoms with Crippen molar-refractivity contribution in [1.29, 1.82) is 0 Å². The normalized spacial score (nSPS) is 17.6. The second kappa shape index (κ2) is 10.6. The first-order valence-electron chi connectivity index (χ1n) is 7.22. The van der Waals surface area contributed by atoms with Gasteiger partial charge < -0.3 is 11.1 Å². The van der Waals surface area contributed by atoms with Crippen molar-refractivity contribution < 1.29 is 8.42 Å². The fraction of sp³-hybridized carbons (Fsp3) is 0.917. The molecule has 0 aromatic heterocycles. The molecule has 0 radical (unpaired) electrons. The topological polar surface area (TPSA) is 109 Å². The van der Waals surface area contributed by atoms with E-state index in [-0.39, 0.29) is 36.6 Å². The van der Waals surface area contributed by atoms with E-state index in [4.69, 9.17) is 5.73 Å². The highest BCUT2D eigenvalue weighted by Gasteiger charge is 2.13. The Balaban J connectivity index is 0.00000400. The molecule has 1 aliphatic rings. The molecule has 7 nitrogen and oxygen atoms in total. The van der Waals surface area contributed by atoms with Crippen LogP contribution in [0.25, 0.3) is 0 Å². The molecular formula is C12H28IN5O2S. The van der Waals surface area contributed by atoms with Crippen LogP contribution in [0.2, 0.25) is 0 Å². The summed E-state index contributed by atoms with van der Waals surface area (Å²) in [4.78, 5) is 4.13. The van der Waals surface area contributed by atoms with Crippen LogP contribution in [-0.2, 0) is 10.2 Å². The molecule has 0 bridgehead atoms. The van der Waals surface area contributed by atoms with Gasteiger partial charge in [0.2, 0.25) is 0 Å². The number of rotatable bonds is 7. The maximum Gasteiger partial charge on any atom is 0.277 e. The van der Waals surface area contributed by atoms with Gasteiger partial charge in [-0.2, -0.15) is 13.1 Å². The third kappa shape index (κ3) is 10.3. The minimum atomic E-state index is -3.44. The molecule has 9 heteroatoms. The van der Waals surface area contributed by atoms with Crippen molar-refractivity contribution in [1.82, 2.24) is 14.8 Å². The van der Waals surface area contributed by atoms with Gasteiger partial charge in [0, 0.05) is 18.6 Å². The summed E-state index contributed by atoms with van der Waals surface area (Å²) in [5, 5.41) is 3.18. The summed E-state index contributed by atoms with van der Waals surface area (Å²) in [7, 11) is -3.44. The van der Waals surface area contributed by atoms with Gasteiger partial charge in [0.15, 0.2) is 5.96 Å². The van der Waals surface area contributed by atoms with Crippen LogP contribution >= 0.6 is 24.0 Å². The summed E-state index contributed by atoms with van der Waals surface area (Å²) in [6.45, 7) is 4.09. The lowest BCUT2D eigenvalue weighted by molar-refractivity contribution is 0.412. The number of nitrogens with one attached hydrogen (secondary N) is 3. The average Bonchev–Trinajstić information content (AvgIpc) is 2.34. The van der Waals surface area contributed by atoms with E-state index in [2.05, 4.69) is 19.8 Å². The van der Waals surface area contributed by atoms with E-state index >= 15 is 0 Å². The van der Waals surface area contributed by atoms with Gasteiger partial charge in [0.1, 0.15) is 0 Å². The summed E-state index contributed by atoms with van der Waals surface area (Å²) in [6, 6.07) is 0.279. The van der Waals surface area contributed by atoms with E-state index in [9.17, 15) is 8.42 Å². The highest BCUT2D eigenvalue weighted by Crippen LogP contribution is 2.16. The summed E-state index contributed by atoms with van der Waals surface area (Å²) >= 11 is 0. The fourth-order valence-corrected chi connectivity index (χ4v) is 3.27. The molecule has 126 valence electrons. The van der Waals surface area contributed by atoms with E-state index in [1.54, 1.807) is 13.8 Å². The molecule has 1 fully saturated rings. The molecule has 0 unspecified atom stereocenters. The van der Waals surface area contributed by atoms with Crippen molar-refractivity contribution in [3.8, 4) is 0 Å². The molecule has 0 atom stereocenters. The highest BCUT2D eigenvalue weighted by molar-refractivity contribution is 14.0. The van der Waals surface area contributed by atoms with Crippen LogP contribution in [-0.4, -0.2) is 39.6 Å². The zero-order valence-electron chi connectivity index (χ0n) is 12.8. The van der Waals surface area contributed by atoms with Crippen LogP contribution in [0, 0.1) is 0 Å². The Morgan fingerprint density at radius 3 is 2.48 bits per heavy atom. The lowest BCUT2D eigenvalue weighted by Crippen LogP contribution is -2.43. The standard InChI is InChI=1S/C12H27N5O2S.HI/c1-10(2)17-20(18,19)15-9-8-14-12(13)16-11-6-4-3-5-7-11;/h10-11,15,17H,3-9H2,1-2H3,(H3,13,14,16);1H. The molecule has 1 aliphatic carbocycles. The average molecular weight is 433 g/mol. The molecule has 0 saturated heterocycles. The predicted molar refractivity (Wildman–Crippen MR) is 97.1 cm³/mol. The quantitative estimate of drug-likeness (QED) is 0.205. The third-order valence-electron chi connectivity index (χ3n) is 3.03. The Kier molecular flexibility index (Phi) is 10.5. The smallest absolute Gasteiger partial charge is 0.277 e. The van der Waals surface area contributed by atoms with Crippen LogP contribution in [0.4, 0.5) is 0 Å². The number of nitrogens with two attached hydrogens (primary N) is 1. The van der Waals surface area contributed by atoms with Crippen molar-refractivity contribution in [2.75, 3.05) is 13.1 Å². The number of aliphatic imine (C=N–C) groups is 1. The first-order valence-corrected chi connectivity index (χ1v) is 8.71. The van der Waals surface area contributed by atoms with Crippen molar-refractivity contribution in [3.63, 3.8) is 0 Å². The molecule has 5 N–H and O–H groups in total. The zero-order valence-corrected chi connectivity index (χ0v) is 15.9. The van der Waals surface area contributed by atoms with Gasteiger partial charge in [-0.05, 0) is 26.7 Å². The molecule has 0 spiro atoms. The summed E-state index contributed by atoms with van der Waals surface area (Å²) in [6.07, 6.45) is 6.00. The minimum absolute atomic E-state index is 0. The Bertz CT molecular complexity index is 408. The number of hydrogen-bond acceptors (Lipinski definition) is 3. The van der Waals surface area contributed by atoms with Crippen LogP contribution in [0.5, 0.6) is 0 Å². The van der Waals surface area contributed by atoms with Crippen molar-refractivity contribution in [2.24, 2.45) is 10.7 Å². The van der Waals surface area contributed by atoms with Crippen LogP contribution in [0.3, 0.4) is 0 Å². The van der Waals surface area contributed by atoms with E-state index in [1.807, 2.05) is 0 Å². The predicted octanol–water partition coefficient (Wildman–Crippen LogP) is 0.674. The molecule has 0 amide bonds. The maximum atomic E-state index is 11.5. The monoisotopic (exact) mass is 433 g/mol. The van der Waals surface area contributed by atoms with Crippen molar-refractivity contribution >= 4 is 40.1 Å².